The molecule has 2 amide bonds. The van der Waals surface area contributed by atoms with Crippen LogP contribution in [0.2, 0.25) is 0 Å². The van der Waals surface area contributed by atoms with Gasteiger partial charge in [0.1, 0.15) is 5.75 Å². The molecule has 1 aromatic carbocycles. The van der Waals surface area contributed by atoms with Gasteiger partial charge in [-0.25, -0.2) is 0 Å². The van der Waals surface area contributed by atoms with E-state index >= 15 is 0 Å². The number of imide groups is 1. The number of ether oxygens (including phenoxy) is 1. The van der Waals surface area contributed by atoms with Crippen molar-refractivity contribution in [3.8, 4) is 5.75 Å². The van der Waals surface area contributed by atoms with Crippen molar-refractivity contribution < 1.29 is 14.3 Å². The number of carbonyl (C=O) groups excluding carboxylic acids is 2. The van der Waals surface area contributed by atoms with Crippen LogP contribution in [-0.2, 0) is 9.59 Å². The Morgan fingerprint density at radius 1 is 1.08 bits per heavy atom. The smallest absolute Gasteiger partial charge is 0.235 e. The number of nitrogens with one attached hydrogen (secondary N) is 1. The van der Waals surface area contributed by atoms with E-state index in [0.717, 1.165) is 5.69 Å². The van der Waals surface area contributed by atoms with Gasteiger partial charge in [0.05, 0.1) is 31.3 Å². The van der Waals surface area contributed by atoms with Crippen molar-refractivity contribution in [3.05, 3.63) is 36.4 Å². The van der Waals surface area contributed by atoms with Crippen molar-refractivity contribution >= 4 is 17.5 Å². The number of nitrogens with zero attached hydrogens (tertiary/aromatic N) is 1. The second kappa shape index (κ2) is 4.85. The van der Waals surface area contributed by atoms with Crippen LogP contribution >= 0.6 is 0 Å². The van der Waals surface area contributed by atoms with Crippen LogP contribution in [0.3, 0.4) is 0 Å². The Balaban J connectivity index is 1.37. The van der Waals surface area contributed by atoms with Crippen LogP contribution in [0.1, 0.15) is 6.42 Å². The Kier molecular flexibility index (Phi) is 2.84. The predicted molar refractivity (Wildman–Crippen MR) is 88.0 cm³/mol. The third-order valence-electron chi connectivity index (χ3n) is 6.29. The summed E-state index contributed by atoms with van der Waals surface area (Å²) in [6.45, 7) is 0.208. The average molecular weight is 324 g/mol. The highest BCUT2D eigenvalue weighted by atomic mass is 16.5. The lowest BCUT2D eigenvalue weighted by Gasteiger charge is -2.37. The van der Waals surface area contributed by atoms with E-state index in [0.29, 0.717) is 17.6 Å². The van der Waals surface area contributed by atoms with Gasteiger partial charge in [0.15, 0.2) is 0 Å². The van der Waals surface area contributed by atoms with Gasteiger partial charge in [0.2, 0.25) is 11.8 Å². The van der Waals surface area contributed by atoms with Crippen LogP contribution in [0.5, 0.6) is 5.75 Å². The summed E-state index contributed by atoms with van der Waals surface area (Å²) in [6.07, 6.45) is 5.58. The van der Waals surface area contributed by atoms with E-state index in [1.165, 1.54) is 11.3 Å². The number of para-hydroxylation sites is 2. The molecule has 1 N–H and O–H groups in total. The Hall–Kier alpha value is -2.30. The molecule has 24 heavy (non-hydrogen) atoms. The lowest BCUT2D eigenvalue weighted by Crippen LogP contribution is -2.40. The standard InChI is InChI=1S/C19H20N2O3/c1-24-15-5-3-2-4-14(15)20-9-21-18(22)16-10-6-7-11(13-8-12(10)13)17(16)19(21)23/h2-7,10-13,16-17,20H,8-9H2,1H3/t10-,11-,12-,13+,16-,17+/m1/s1. The van der Waals surface area contributed by atoms with E-state index in [-0.39, 0.29) is 42.2 Å². The van der Waals surface area contributed by atoms with E-state index in [9.17, 15) is 9.59 Å². The molecule has 0 spiro atoms. The number of likely N-dealkylation sites (tertiary alicyclic amines) is 1. The summed E-state index contributed by atoms with van der Waals surface area (Å²) in [4.78, 5) is 27.2. The molecule has 0 radical (unpaired) electrons. The van der Waals surface area contributed by atoms with Gasteiger partial charge in [-0.2, -0.15) is 0 Å². The van der Waals surface area contributed by atoms with Gasteiger partial charge >= 0.3 is 0 Å². The lowest BCUT2D eigenvalue weighted by atomic mass is 9.63. The number of rotatable bonds is 4. The quantitative estimate of drug-likeness (QED) is 0.681. The Bertz CT molecular complexity index is 723. The number of methoxy groups -OCH3 is 1. The van der Waals surface area contributed by atoms with Crippen molar-refractivity contribution in [2.75, 3.05) is 19.1 Å². The van der Waals surface area contributed by atoms with Crippen LogP contribution in [0.15, 0.2) is 36.4 Å². The fourth-order valence-electron chi connectivity index (χ4n) is 5.13. The molecule has 0 unspecified atom stereocenters. The maximum Gasteiger partial charge on any atom is 0.235 e. The zero-order valence-electron chi connectivity index (χ0n) is 13.5. The Morgan fingerprint density at radius 3 is 2.33 bits per heavy atom. The maximum absolute atomic E-state index is 12.9. The summed E-state index contributed by atoms with van der Waals surface area (Å²) in [5, 5.41) is 3.19. The molecular weight excluding hydrogens is 304 g/mol. The van der Waals surface area contributed by atoms with Gasteiger partial charge in [-0.1, -0.05) is 24.3 Å². The summed E-state index contributed by atoms with van der Waals surface area (Å²) in [5.41, 5.74) is 0.791. The van der Waals surface area contributed by atoms with Crippen LogP contribution in [0.25, 0.3) is 0 Å². The SMILES string of the molecule is COc1ccccc1NCN1C(=O)[C@@H]2[C@@H]3C=C[C@H]([C@@H]4C[C@H]34)[C@@H]2C1=O. The molecule has 6 rings (SSSR count). The molecule has 2 bridgehead atoms. The Morgan fingerprint density at radius 2 is 1.71 bits per heavy atom. The first-order chi connectivity index (χ1) is 11.7. The van der Waals surface area contributed by atoms with Gasteiger partial charge in [-0.3, -0.25) is 14.5 Å². The number of carbonyl (C=O) groups is 2. The molecule has 0 aromatic heterocycles. The number of amides is 2. The van der Waals surface area contributed by atoms with Gasteiger partial charge in [-0.15, -0.1) is 0 Å². The summed E-state index contributed by atoms with van der Waals surface area (Å²) in [7, 11) is 1.61. The Labute approximate surface area is 140 Å². The van der Waals surface area contributed by atoms with Gasteiger partial charge < -0.3 is 10.1 Å². The van der Waals surface area contributed by atoms with Gasteiger partial charge in [0, 0.05) is 0 Å². The van der Waals surface area contributed by atoms with Crippen LogP contribution in [0, 0.1) is 35.5 Å². The van der Waals surface area contributed by atoms with Crippen molar-refractivity contribution in [1.82, 2.24) is 4.90 Å². The third-order valence-corrected chi connectivity index (χ3v) is 6.29. The highest BCUT2D eigenvalue weighted by Crippen LogP contribution is 2.65. The molecule has 6 atom stereocenters. The predicted octanol–water partition coefficient (Wildman–Crippen LogP) is 2.12. The topological polar surface area (TPSA) is 58.6 Å². The second-order valence-electron chi connectivity index (χ2n) is 7.29. The lowest BCUT2D eigenvalue weighted by molar-refractivity contribution is -0.139. The normalized spacial score (nSPS) is 38.1. The minimum atomic E-state index is -0.129. The highest BCUT2D eigenvalue weighted by molar-refractivity contribution is 6.06. The summed E-state index contributed by atoms with van der Waals surface area (Å²) < 4.78 is 5.31. The molecule has 3 fully saturated rings. The fourth-order valence-corrected chi connectivity index (χ4v) is 5.13. The third kappa shape index (κ3) is 1.75. The van der Waals surface area contributed by atoms with E-state index < -0.39 is 0 Å². The van der Waals surface area contributed by atoms with Crippen LogP contribution < -0.4 is 10.1 Å². The summed E-state index contributed by atoms with van der Waals surface area (Å²) in [6, 6.07) is 7.53. The molecule has 124 valence electrons. The molecule has 4 aliphatic carbocycles. The molecule has 1 aromatic rings. The molecule has 1 saturated heterocycles. The number of anilines is 1. The first kappa shape index (κ1) is 14.1. The highest BCUT2D eigenvalue weighted by Gasteiger charge is 2.66. The van der Waals surface area contributed by atoms with E-state index in [2.05, 4.69) is 17.5 Å². The monoisotopic (exact) mass is 324 g/mol. The van der Waals surface area contributed by atoms with Gasteiger partial charge in [-0.05, 0) is 42.2 Å². The maximum atomic E-state index is 12.9. The summed E-state index contributed by atoms with van der Waals surface area (Å²) in [5.74, 6) is 2.27. The zero-order valence-corrected chi connectivity index (χ0v) is 13.5. The fraction of sp³-hybridized carbons (Fsp3) is 0.474. The molecular formula is C19H20N2O3. The molecule has 1 aliphatic heterocycles. The van der Waals surface area contributed by atoms with E-state index in [4.69, 9.17) is 4.74 Å². The minimum Gasteiger partial charge on any atom is -0.495 e. The van der Waals surface area contributed by atoms with Crippen molar-refractivity contribution in [2.24, 2.45) is 35.5 Å². The second-order valence-corrected chi connectivity index (χ2v) is 7.29. The van der Waals surface area contributed by atoms with Gasteiger partial charge in [0.25, 0.3) is 0 Å². The summed E-state index contributed by atoms with van der Waals surface area (Å²) >= 11 is 0. The largest absolute Gasteiger partial charge is 0.495 e. The number of benzene rings is 1. The number of hydrogen-bond acceptors (Lipinski definition) is 4. The molecule has 5 aliphatic rings. The first-order valence-corrected chi connectivity index (χ1v) is 8.61. The molecule has 1 heterocycles. The van der Waals surface area contributed by atoms with Crippen molar-refractivity contribution in [3.63, 3.8) is 0 Å². The molecule has 5 heteroatoms. The number of allylic oxidation sites excluding steroid dienone is 2. The van der Waals surface area contributed by atoms with Crippen molar-refractivity contribution in [1.29, 1.82) is 0 Å². The first-order valence-electron chi connectivity index (χ1n) is 8.61. The molecule has 5 nitrogen and oxygen atoms in total. The van der Waals surface area contributed by atoms with E-state index in [1.807, 2.05) is 24.3 Å². The molecule has 2 saturated carbocycles. The van der Waals surface area contributed by atoms with Crippen molar-refractivity contribution in [2.45, 2.75) is 6.42 Å². The minimum absolute atomic E-state index is 0.00269. The van der Waals surface area contributed by atoms with Crippen LogP contribution in [-0.4, -0.2) is 30.5 Å². The zero-order chi connectivity index (χ0) is 16.4. The average Bonchev–Trinajstić information content (AvgIpc) is 3.39. The van der Waals surface area contributed by atoms with E-state index in [1.54, 1.807) is 7.11 Å². The van der Waals surface area contributed by atoms with Crippen LogP contribution in [0.4, 0.5) is 5.69 Å². The number of hydrogen-bond donors (Lipinski definition) is 1.